The third kappa shape index (κ3) is 3.36. The molecule has 0 bridgehead atoms. The van der Waals surface area contributed by atoms with E-state index in [2.05, 4.69) is 20.7 Å². The average Bonchev–Trinajstić information content (AvgIpc) is 2.94. The first-order chi connectivity index (χ1) is 11.3. The summed E-state index contributed by atoms with van der Waals surface area (Å²) in [5, 5.41) is 8.79. The zero-order valence-electron chi connectivity index (χ0n) is 12.2. The third-order valence-corrected chi connectivity index (χ3v) is 3.52. The molecule has 24 heavy (non-hydrogen) atoms. The van der Waals surface area contributed by atoms with Gasteiger partial charge in [-0.25, -0.2) is 4.68 Å². The number of alkyl halides is 3. The molecule has 3 rings (SSSR count). The maximum Gasteiger partial charge on any atom is 0.416 e. The Labute approximate surface area is 133 Å². The molecule has 0 unspecified atom stereocenters. The van der Waals surface area contributed by atoms with Crippen molar-refractivity contribution in [2.45, 2.75) is 19.1 Å². The molecule has 2 aromatic rings. The molecule has 1 aromatic heterocycles. The van der Waals surface area contributed by atoms with Crippen LogP contribution in [-0.2, 0) is 22.3 Å². The van der Waals surface area contributed by atoms with E-state index in [1.165, 1.54) is 23.1 Å². The molecule has 1 atom stereocenters. The lowest BCUT2D eigenvalue weighted by molar-refractivity contribution is -0.137. The Kier molecular flexibility index (Phi) is 3.96. The molecule has 0 aliphatic carbocycles. The molecule has 126 valence electrons. The van der Waals surface area contributed by atoms with E-state index in [4.69, 9.17) is 0 Å². The van der Waals surface area contributed by atoms with E-state index in [1.54, 1.807) is 0 Å². The molecular weight excluding hydrogens is 327 g/mol. The second-order valence-corrected chi connectivity index (χ2v) is 5.28. The summed E-state index contributed by atoms with van der Waals surface area (Å²) in [6.45, 7) is 0.178. The van der Waals surface area contributed by atoms with Crippen molar-refractivity contribution in [2.24, 2.45) is 5.92 Å². The van der Waals surface area contributed by atoms with Crippen molar-refractivity contribution in [2.75, 3.05) is 10.6 Å². The van der Waals surface area contributed by atoms with Gasteiger partial charge in [0.05, 0.1) is 18.0 Å². The highest BCUT2D eigenvalue weighted by Gasteiger charge is 2.31. The van der Waals surface area contributed by atoms with Crippen LogP contribution in [0.3, 0.4) is 0 Å². The summed E-state index contributed by atoms with van der Waals surface area (Å²) in [7, 11) is 0. The van der Waals surface area contributed by atoms with Crippen molar-refractivity contribution >= 4 is 23.5 Å². The molecule has 7 nitrogen and oxygen atoms in total. The van der Waals surface area contributed by atoms with Crippen LogP contribution in [0.4, 0.5) is 24.8 Å². The lowest BCUT2D eigenvalue weighted by Gasteiger charge is -2.21. The average molecular weight is 339 g/mol. The Morgan fingerprint density at radius 1 is 1.42 bits per heavy atom. The van der Waals surface area contributed by atoms with Gasteiger partial charge in [-0.05, 0) is 18.2 Å². The van der Waals surface area contributed by atoms with Crippen LogP contribution in [-0.4, -0.2) is 26.6 Å². The fourth-order valence-electron chi connectivity index (χ4n) is 2.36. The number of nitrogens with one attached hydrogen (secondary N) is 2. The number of hydrogen-bond donors (Lipinski definition) is 2. The lowest BCUT2D eigenvalue weighted by atomic mass is 10.0. The number of halogens is 3. The van der Waals surface area contributed by atoms with Crippen LogP contribution in [0.2, 0.25) is 0 Å². The zero-order valence-corrected chi connectivity index (χ0v) is 12.2. The van der Waals surface area contributed by atoms with Crippen LogP contribution in [0.25, 0.3) is 0 Å². The van der Waals surface area contributed by atoms with E-state index in [1.807, 2.05) is 0 Å². The lowest BCUT2D eigenvalue weighted by Crippen LogP contribution is -2.36. The Morgan fingerprint density at radius 3 is 2.96 bits per heavy atom. The van der Waals surface area contributed by atoms with Gasteiger partial charge >= 0.3 is 6.18 Å². The minimum absolute atomic E-state index is 0.0208. The smallest absolute Gasteiger partial charge is 0.326 e. The minimum atomic E-state index is -4.49. The van der Waals surface area contributed by atoms with Crippen LogP contribution < -0.4 is 10.6 Å². The van der Waals surface area contributed by atoms with E-state index in [9.17, 15) is 22.8 Å². The molecule has 0 spiro atoms. The molecule has 0 fully saturated rings. The van der Waals surface area contributed by atoms with Crippen LogP contribution in [0.5, 0.6) is 0 Å². The summed E-state index contributed by atoms with van der Waals surface area (Å²) in [4.78, 5) is 27.8. The fourth-order valence-corrected chi connectivity index (χ4v) is 2.36. The largest absolute Gasteiger partial charge is 0.416 e. The second kappa shape index (κ2) is 5.95. The number of amides is 2. The van der Waals surface area contributed by atoms with Gasteiger partial charge in [0.25, 0.3) is 0 Å². The van der Waals surface area contributed by atoms with Gasteiger partial charge in [0.2, 0.25) is 17.8 Å². The molecule has 2 heterocycles. The number of carbonyl (C=O) groups is 2. The van der Waals surface area contributed by atoms with E-state index in [-0.39, 0.29) is 24.6 Å². The van der Waals surface area contributed by atoms with Crippen molar-refractivity contribution in [1.82, 2.24) is 14.8 Å². The molecule has 0 saturated carbocycles. The SMILES string of the molecule is O=C(C[C@H]1Cn2ncnc2NC1=O)Nc1cccc(C(F)(F)F)c1. The first-order valence-electron chi connectivity index (χ1n) is 6.99. The van der Waals surface area contributed by atoms with Gasteiger partial charge in [-0.1, -0.05) is 6.07 Å². The normalized spacial score (nSPS) is 17.1. The molecule has 1 aliphatic heterocycles. The van der Waals surface area contributed by atoms with E-state index in [0.717, 1.165) is 12.1 Å². The standard InChI is InChI=1S/C14H12F3N5O2/c15-14(16,17)9-2-1-3-10(5-9)20-11(23)4-8-6-22-13(18-7-19-22)21-12(8)24/h1-3,5,7-8H,4,6H2,(H,20,23)(H,18,19,21,24)/t8-/m0/s1. The zero-order chi connectivity index (χ0) is 17.3. The first-order valence-corrected chi connectivity index (χ1v) is 6.99. The van der Waals surface area contributed by atoms with Crippen LogP contribution in [0.1, 0.15) is 12.0 Å². The quantitative estimate of drug-likeness (QED) is 0.894. The van der Waals surface area contributed by atoms with Crippen LogP contribution in [0.15, 0.2) is 30.6 Å². The summed E-state index contributed by atoms with van der Waals surface area (Å²) in [5.41, 5.74) is -0.838. The molecule has 0 radical (unpaired) electrons. The number of hydrogen-bond acceptors (Lipinski definition) is 4. The number of fused-ring (bicyclic) bond motifs is 1. The Balaban J connectivity index is 1.65. The van der Waals surface area contributed by atoms with E-state index >= 15 is 0 Å². The van der Waals surface area contributed by atoms with Crippen molar-refractivity contribution in [3.05, 3.63) is 36.2 Å². The first kappa shape index (κ1) is 16.0. The van der Waals surface area contributed by atoms with Gasteiger partial charge < -0.3 is 5.32 Å². The van der Waals surface area contributed by atoms with Crippen LogP contribution >= 0.6 is 0 Å². The monoisotopic (exact) mass is 339 g/mol. The van der Waals surface area contributed by atoms with Gasteiger partial charge in [-0.15, -0.1) is 0 Å². The highest BCUT2D eigenvalue weighted by Crippen LogP contribution is 2.30. The number of anilines is 2. The summed E-state index contributed by atoms with van der Waals surface area (Å²) in [6, 6.07) is 4.31. The number of benzene rings is 1. The Hall–Kier alpha value is -2.91. The van der Waals surface area contributed by atoms with Crippen molar-refractivity contribution in [3.8, 4) is 0 Å². The van der Waals surface area contributed by atoms with Crippen molar-refractivity contribution < 1.29 is 22.8 Å². The van der Waals surface area contributed by atoms with Crippen molar-refractivity contribution in [1.29, 1.82) is 0 Å². The molecule has 10 heteroatoms. The van der Waals surface area contributed by atoms with Gasteiger partial charge in [0, 0.05) is 12.1 Å². The Bertz CT molecular complexity index is 787. The predicted octanol–water partition coefficient (Wildman–Crippen LogP) is 1.89. The van der Waals surface area contributed by atoms with Gasteiger partial charge in [0.15, 0.2) is 0 Å². The number of aromatic nitrogens is 3. The summed E-state index contributed by atoms with van der Waals surface area (Å²) >= 11 is 0. The van der Waals surface area contributed by atoms with Gasteiger partial charge in [0.1, 0.15) is 6.33 Å². The maximum absolute atomic E-state index is 12.7. The predicted molar refractivity (Wildman–Crippen MR) is 76.8 cm³/mol. The Morgan fingerprint density at radius 2 is 2.21 bits per heavy atom. The number of nitrogens with zero attached hydrogens (tertiary/aromatic N) is 3. The summed E-state index contributed by atoms with van der Waals surface area (Å²) in [5.74, 6) is -1.31. The highest BCUT2D eigenvalue weighted by atomic mass is 19.4. The molecule has 1 aromatic carbocycles. The third-order valence-electron chi connectivity index (χ3n) is 3.52. The molecule has 2 N–H and O–H groups in total. The van der Waals surface area contributed by atoms with Gasteiger partial charge in [-0.3, -0.25) is 14.9 Å². The summed E-state index contributed by atoms with van der Waals surface area (Å²) < 4.78 is 39.4. The molecule has 0 saturated heterocycles. The molecular formula is C14H12F3N5O2. The van der Waals surface area contributed by atoms with Crippen molar-refractivity contribution in [3.63, 3.8) is 0 Å². The highest BCUT2D eigenvalue weighted by molar-refractivity contribution is 5.98. The topological polar surface area (TPSA) is 88.9 Å². The van der Waals surface area contributed by atoms with Crippen LogP contribution in [0, 0.1) is 5.92 Å². The molecule has 1 aliphatic rings. The minimum Gasteiger partial charge on any atom is -0.326 e. The van der Waals surface area contributed by atoms with E-state index < -0.39 is 23.6 Å². The number of carbonyl (C=O) groups excluding carboxylic acids is 2. The second-order valence-electron chi connectivity index (χ2n) is 5.28. The molecule has 2 amide bonds. The maximum atomic E-state index is 12.7. The fraction of sp³-hybridized carbons (Fsp3) is 0.286. The number of rotatable bonds is 3. The summed E-state index contributed by atoms with van der Waals surface area (Å²) in [6.07, 6.45) is -3.39. The van der Waals surface area contributed by atoms with E-state index in [0.29, 0.717) is 5.95 Å². The van der Waals surface area contributed by atoms with Gasteiger partial charge in [-0.2, -0.15) is 23.3 Å².